The molecular weight excluding hydrogens is 288 g/mol. The molecule has 4 atom stereocenters. The van der Waals surface area contributed by atoms with Crippen LogP contribution in [0.15, 0.2) is 0 Å². The quantitative estimate of drug-likeness (QED) is 0.560. The molecule has 0 aliphatic heterocycles. The summed E-state index contributed by atoms with van der Waals surface area (Å²) in [5, 5.41) is 10.7. The van der Waals surface area contributed by atoms with Gasteiger partial charge in [-0.2, -0.15) is 0 Å². The van der Waals surface area contributed by atoms with Crippen LogP contribution >= 0.6 is 0 Å². The van der Waals surface area contributed by atoms with Crippen LogP contribution in [0.3, 0.4) is 0 Å². The number of aliphatic hydroxyl groups is 1. The van der Waals surface area contributed by atoms with E-state index >= 15 is 0 Å². The largest absolute Gasteiger partial charge is 0.393 e. The maximum Gasteiger partial charge on any atom is 0.197 e. The normalized spacial score (nSPS) is 39.0. The van der Waals surface area contributed by atoms with Gasteiger partial charge < -0.3 is 9.53 Å². The first kappa shape index (κ1) is 18.3. The summed E-state index contributed by atoms with van der Waals surface area (Å²) in [6.45, 7) is 18.6. The fourth-order valence-corrected chi connectivity index (χ4v) is 5.83. The standard InChI is InChI=1S/C19H37O2Si/c1-17(2,3)22(7,8)21-16-11-9-10-14-18(4,5)15(20)12-13-19(14,16)6/h11,14-16,20H,9-10,12-13H2,1-8H3/q+1/t14-,15-,16+,19-/m0/s1. The molecule has 0 unspecified atom stereocenters. The molecule has 0 heterocycles. The number of fused-ring (bicyclic) bond motifs is 1. The highest BCUT2D eigenvalue weighted by atomic mass is 28.4. The number of hydrogen-bond donors (Lipinski definition) is 1. The first-order chi connectivity index (χ1) is 9.82. The van der Waals surface area contributed by atoms with Crippen LogP contribution in [0.5, 0.6) is 0 Å². The summed E-state index contributed by atoms with van der Waals surface area (Å²) < 4.78 is 6.85. The van der Waals surface area contributed by atoms with Gasteiger partial charge in [0.25, 0.3) is 0 Å². The smallest absolute Gasteiger partial charge is 0.197 e. The van der Waals surface area contributed by atoms with Gasteiger partial charge >= 0.3 is 0 Å². The third-order valence-electron chi connectivity index (χ3n) is 7.22. The molecule has 0 aromatic heterocycles. The Kier molecular flexibility index (Phi) is 4.61. The molecule has 0 amide bonds. The lowest BCUT2D eigenvalue weighted by molar-refractivity contribution is -0.141. The Morgan fingerprint density at radius 3 is 2.27 bits per heavy atom. The summed E-state index contributed by atoms with van der Waals surface area (Å²) in [7, 11) is -1.77. The highest BCUT2D eigenvalue weighted by Crippen LogP contribution is 2.59. The van der Waals surface area contributed by atoms with Gasteiger partial charge in [-0.3, -0.25) is 0 Å². The predicted octanol–water partition coefficient (Wildman–Crippen LogP) is 5.18. The van der Waals surface area contributed by atoms with Crippen molar-refractivity contribution in [3.63, 3.8) is 0 Å². The summed E-state index contributed by atoms with van der Waals surface area (Å²) in [4.78, 5) is 0. The van der Waals surface area contributed by atoms with Crippen molar-refractivity contribution in [2.75, 3.05) is 0 Å². The monoisotopic (exact) mass is 325 g/mol. The van der Waals surface area contributed by atoms with E-state index in [1.54, 1.807) is 0 Å². The minimum absolute atomic E-state index is 0.00367. The molecule has 3 heteroatoms. The summed E-state index contributed by atoms with van der Waals surface area (Å²) >= 11 is 0. The molecule has 2 nitrogen and oxygen atoms in total. The fourth-order valence-electron chi connectivity index (χ4n) is 4.48. The molecule has 0 aromatic carbocycles. The van der Waals surface area contributed by atoms with Crippen molar-refractivity contribution in [1.29, 1.82) is 0 Å². The number of hydrogen-bond acceptors (Lipinski definition) is 2. The van der Waals surface area contributed by atoms with E-state index in [0.29, 0.717) is 5.92 Å². The van der Waals surface area contributed by atoms with Gasteiger partial charge in [-0.15, -0.1) is 0 Å². The molecule has 2 fully saturated rings. The maximum absolute atomic E-state index is 10.5. The zero-order chi connectivity index (χ0) is 17.0. The van der Waals surface area contributed by atoms with Crippen molar-refractivity contribution < 1.29 is 9.53 Å². The van der Waals surface area contributed by atoms with Crippen LogP contribution in [0.4, 0.5) is 0 Å². The van der Waals surface area contributed by atoms with Crippen molar-refractivity contribution in [2.45, 2.75) is 97.6 Å². The lowest BCUT2D eigenvalue weighted by Gasteiger charge is -2.56. The zero-order valence-electron chi connectivity index (χ0n) is 16.0. The molecule has 2 aliphatic rings. The van der Waals surface area contributed by atoms with Gasteiger partial charge in [0.1, 0.15) is 6.42 Å². The Balaban J connectivity index is 2.27. The first-order valence-electron chi connectivity index (χ1n) is 9.01. The van der Waals surface area contributed by atoms with Gasteiger partial charge in [0.2, 0.25) is 0 Å². The van der Waals surface area contributed by atoms with Crippen molar-refractivity contribution in [1.82, 2.24) is 0 Å². The first-order valence-corrected chi connectivity index (χ1v) is 11.9. The van der Waals surface area contributed by atoms with E-state index in [-0.39, 0.29) is 28.1 Å². The summed E-state index contributed by atoms with van der Waals surface area (Å²) in [5.74, 6) is 0.545. The fraction of sp³-hybridized carbons (Fsp3) is 0.947. The SMILES string of the molecule is CC1(C)[C@@H](O)CC[C@]2(C)[C@H](O[Si](C)(C)C(C)(C)C)[CH+]CC[C@@H]12. The minimum Gasteiger partial charge on any atom is -0.393 e. The van der Waals surface area contributed by atoms with Crippen molar-refractivity contribution in [3.05, 3.63) is 6.42 Å². The van der Waals surface area contributed by atoms with Crippen LogP contribution in [-0.4, -0.2) is 25.6 Å². The lowest BCUT2D eigenvalue weighted by Crippen LogP contribution is -2.59. The highest BCUT2D eigenvalue weighted by molar-refractivity contribution is 6.74. The van der Waals surface area contributed by atoms with Crippen LogP contribution < -0.4 is 0 Å². The molecule has 2 saturated carbocycles. The molecule has 1 N–H and O–H groups in total. The van der Waals surface area contributed by atoms with Crippen molar-refractivity contribution >= 4 is 8.32 Å². The summed E-state index contributed by atoms with van der Waals surface area (Å²) in [5.41, 5.74) is 0.173. The Labute approximate surface area is 139 Å². The van der Waals surface area contributed by atoms with Crippen molar-refractivity contribution in [2.24, 2.45) is 16.7 Å². The van der Waals surface area contributed by atoms with E-state index in [4.69, 9.17) is 4.43 Å². The third kappa shape index (κ3) is 2.89. The van der Waals surface area contributed by atoms with Crippen molar-refractivity contribution in [3.8, 4) is 0 Å². The second kappa shape index (κ2) is 5.53. The van der Waals surface area contributed by atoms with Crippen LogP contribution in [0, 0.1) is 23.2 Å². The van der Waals surface area contributed by atoms with Crippen LogP contribution in [0.1, 0.15) is 67.2 Å². The molecule has 128 valence electrons. The van der Waals surface area contributed by atoms with E-state index in [0.717, 1.165) is 19.3 Å². The second-order valence-corrected chi connectivity index (χ2v) is 14.8. The van der Waals surface area contributed by atoms with Crippen LogP contribution in [-0.2, 0) is 4.43 Å². The van der Waals surface area contributed by atoms with E-state index in [2.05, 4.69) is 61.1 Å². The Morgan fingerprint density at radius 1 is 1.14 bits per heavy atom. The Bertz CT molecular complexity index is 410. The average Bonchev–Trinajstić information content (AvgIpc) is 2.35. The Hall–Kier alpha value is 0.00688. The highest BCUT2D eigenvalue weighted by Gasteiger charge is 2.60. The molecule has 22 heavy (non-hydrogen) atoms. The van der Waals surface area contributed by atoms with Crippen LogP contribution in [0.2, 0.25) is 18.1 Å². The maximum atomic E-state index is 10.5. The van der Waals surface area contributed by atoms with Gasteiger partial charge in [-0.05, 0) is 48.7 Å². The summed E-state index contributed by atoms with van der Waals surface area (Å²) in [6.07, 6.45) is 6.82. The molecule has 0 radical (unpaired) electrons. The number of rotatable bonds is 2. The lowest BCUT2D eigenvalue weighted by atomic mass is 9.50. The molecule has 0 spiro atoms. The topological polar surface area (TPSA) is 29.5 Å². The van der Waals surface area contributed by atoms with E-state index in [9.17, 15) is 5.11 Å². The van der Waals surface area contributed by atoms with E-state index in [1.165, 1.54) is 6.42 Å². The molecular formula is C19H37O2Si+. The van der Waals surface area contributed by atoms with E-state index < -0.39 is 8.32 Å². The summed E-state index contributed by atoms with van der Waals surface area (Å²) in [6, 6.07) is 0. The molecule has 0 aromatic rings. The van der Waals surface area contributed by atoms with Gasteiger partial charge in [0.15, 0.2) is 14.4 Å². The van der Waals surface area contributed by atoms with Gasteiger partial charge in [0.05, 0.1) is 12.5 Å². The average molecular weight is 326 g/mol. The molecule has 0 saturated heterocycles. The zero-order valence-corrected chi connectivity index (χ0v) is 17.0. The number of aliphatic hydroxyl groups excluding tert-OH is 1. The molecule has 2 rings (SSSR count). The molecule has 2 aliphatic carbocycles. The molecule has 0 bridgehead atoms. The van der Waals surface area contributed by atoms with E-state index in [1.807, 2.05) is 0 Å². The Morgan fingerprint density at radius 2 is 1.73 bits per heavy atom. The minimum atomic E-state index is -1.77. The van der Waals surface area contributed by atoms with Crippen LogP contribution in [0.25, 0.3) is 0 Å². The second-order valence-electron chi connectivity index (χ2n) is 10.0. The predicted molar refractivity (Wildman–Crippen MR) is 96.2 cm³/mol. The van der Waals surface area contributed by atoms with Gasteiger partial charge in [-0.25, -0.2) is 0 Å². The van der Waals surface area contributed by atoms with Gasteiger partial charge in [-0.1, -0.05) is 41.5 Å². The third-order valence-corrected chi connectivity index (χ3v) is 11.7. The van der Waals surface area contributed by atoms with Gasteiger partial charge in [0, 0.05) is 5.41 Å².